The van der Waals surface area contributed by atoms with E-state index in [0.29, 0.717) is 23.9 Å². The van der Waals surface area contributed by atoms with Crippen LogP contribution in [0.2, 0.25) is 0 Å². The Morgan fingerprint density at radius 3 is 2.78 bits per heavy atom. The molecule has 1 aliphatic rings. The average molecular weight is 288 g/mol. The molecule has 1 N–H and O–H groups in total. The fourth-order valence-electron chi connectivity index (χ4n) is 2.47. The van der Waals surface area contributed by atoms with Gasteiger partial charge < -0.3 is 5.32 Å². The summed E-state index contributed by atoms with van der Waals surface area (Å²) < 4.78 is 26.7. The Bertz CT molecular complexity index is 522. The van der Waals surface area contributed by atoms with Crippen LogP contribution < -0.4 is 5.32 Å². The molecule has 2 heterocycles. The molecule has 0 spiro atoms. The van der Waals surface area contributed by atoms with Gasteiger partial charge in [-0.25, -0.2) is 8.42 Å². The van der Waals surface area contributed by atoms with Gasteiger partial charge in [0.25, 0.3) is 0 Å². The van der Waals surface area contributed by atoms with E-state index >= 15 is 0 Å². The number of sulfonamides is 1. The maximum atomic E-state index is 12.5. The monoisotopic (exact) mass is 288 g/mol. The van der Waals surface area contributed by atoms with Crippen molar-refractivity contribution in [1.29, 1.82) is 0 Å². The second-order valence-corrected chi connectivity index (χ2v) is 8.22. The maximum Gasteiger partial charge on any atom is 0.244 e. The molecule has 1 aliphatic heterocycles. The molecule has 102 valence electrons. The second kappa shape index (κ2) is 5.28. The van der Waals surface area contributed by atoms with Crippen LogP contribution in [0.4, 0.5) is 0 Å². The molecule has 1 saturated heterocycles. The highest BCUT2D eigenvalue weighted by Gasteiger charge is 2.33. The van der Waals surface area contributed by atoms with E-state index in [1.54, 1.807) is 21.7 Å². The van der Waals surface area contributed by atoms with Crippen molar-refractivity contribution in [2.24, 2.45) is 5.92 Å². The average Bonchev–Trinajstić information content (AvgIpc) is 2.86. The summed E-state index contributed by atoms with van der Waals surface area (Å²) >= 11 is 1.55. The normalized spacial score (nSPS) is 21.6. The number of rotatable bonds is 4. The minimum Gasteiger partial charge on any atom is -0.319 e. The van der Waals surface area contributed by atoms with E-state index in [9.17, 15) is 8.42 Å². The van der Waals surface area contributed by atoms with E-state index in [-0.39, 0.29) is 0 Å². The number of hydrogen-bond donors (Lipinski definition) is 1. The Labute approximate surface area is 113 Å². The van der Waals surface area contributed by atoms with Gasteiger partial charge >= 0.3 is 0 Å². The van der Waals surface area contributed by atoms with Crippen molar-refractivity contribution in [1.82, 2.24) is 9.62 Å². The van der Waals surface area contributed by atoms with Gasteiger partial charge in [0.1, 0.15) is 0 Å². The summed E-state index contributed by atoms with van der Waals surface area (Å²) in [4.78, 5) is 2.44. The van der Waals surface area contributed by atoms with Crippen LogP contribution in [0.25, 0.3) is 0 Å². The highest BCUT2D eigenvalue weighted by Crippen LogP contribution is 2.30. The molecule has 0 saturated carbocycles. The van der Waals surface area contributed by atoms with Crippen LogP contribution in [-0.2, 0) is 10.0 Å². The van der Waals surface area contributed by atoms with Gasteiger partial charge in [0.05, 0.1) is 4.90 Å². The van der Waals surface area contributed by atoms with Crippen molar-refractivity contribution in [3.05, 3.63) is 15.8 Å². The molecule has 1 atom stereocenters. The molecule has 18 heavy (non-hydrogen) atoms. The topological polar surface area (TPSA) is 49.4 Å². The first-order valence-corrected chi connectivity index (χ1v) is 8.42. The van der Waals surface area contributed by atoms with Gasteiger partial charge in [0, 0.05) is 22.8 Å². The Morgan fingerprint density at radius 1 is 1.50 bits per heavy atom. The van der Waals surface area contributed by atoms with Crippen molar-refractivity contribution >= 4 is 21.4 Å². The number of thiophene rings is 1. The molecular weight excluding hydrogens is 268 g/mol. The number of nitrogens with zero attached hydrogens (tertiary/aromatic N) is 1. The van der Waals surface area contributed by atoms with Crippen molar-refractivity contribution in [3.8, 4) is 0 Å². The Balaban J connectivity index is 2.20. The van der Waals surface area contributed by atoms with Gasteiger partial charge in [0.2, 0.25) is 10.0 Å². The third kappa shape index (κ3) is 2.61. The van der Waals surface area contributed by atoms with E-state index in [0.717, 1.165) is 22.7 Å². The Morgan fingerprint density at radius 2 is 2.22 bits per heavy atom. The lowest BCUT2D eigenvalue weighted by Crippen LogP contribution is -2.30. The summed E-state index contributed by atoms with van der Waals surface area (Å²) in [6.45, 7) is 5.99. The van der Waals surface area contributed by atoms with Crippen LogP contribution in [0.15, 0.2) is 11.0 Å². The van der Waals surface area contributed by atoms with Crippen molar-refractivity contribution in [2.45, 2.75) is 25.2 Å². The summed E-state index contributed by atoms with van der Waals surface area (Å²) in [5.41, 5.74) is 0. The van der Waals surface area contributed by atoms with E-state index in [1.165, 1.54) is 0 Å². The zero-order valence-electron chi connectivity index (χ0n) is 11.1. The van der Waals surface area contributed by atoms with Crippen LogP contribution in [0.1, 0.15) is 16.2 Å². The largest absolute Gasteiger partial charge is 0.319 e. The molecule has 0 amide bonds. The molecule has 0 aromatic carbocycles. The minimum atomic E-state index is -3.28. The summed E-state index contributed by atoms with van der Waals surface area (Å²) in [6.07, 6.45) is 0.947. The van der Waals surface area contributed by atoms with Crippen molar-refractivity contribution in [3.63, 3.8) is 0 Å². The van der Waals surface area contributed by atoms with Gasteiger partial charge in [-0.3, -0.25) is 0 Å². The highest BCUT2D eigenvalue weighted by atomic mass is 32.2. The molecule has 6 heteroatoms. The van der Waals surface area contributed by atoms with E-state index in [1.807, 2.05) is 20.9 Å². The predicted molar refractivity (Wildman–Crippen MR) is 74.6 cm³/mol. The molecular formula is C12H20N2O2S2. The van der Waals surface area contributed by atoms with Crippen molar-refractivity contribution < 1.29 is 8.42 Å². The third-order valence-electron chi connectivity index (χ3n) is 3.35. The minimum absolute atomic E-state index is 0.435. The first kappa shape index (κ1) is 14.0. The van der Waals surface area contributed by atoms with Crippen LogP contribution in [0.5, 0.6) is 0 Å². The molecule has 2 rings (SSSR count). The second-order valence-electron chi connectivity index (χ2n) is 4.85. The summed E-state index contributed by atoms with van der Waals surface area (Å²) in [7, 11) is -1.38. The zero-order chi connectivity index (χ0) is 13.3. The standard InChI is InChI=1S/C12H20N2O2S2/c1-9-6-12(10(2)17-9)18(15,16)14-5-4-11(8-14)7-13-3/h6,11,13H,4-5,7-8H2,1-3H3. The summed E-state index contributed by atoms with van der Waals surface area (Å²) in [6, 6.07) is 1.79. The smallest absolute Gasteiger partial charge is 0.244 e. The molecule has 4 nitrogen and oxygen atoms in total. The van der Waals surface area contributed by atoms with E-state index in [4.69, 9.17) is 0 Å². The fraction of sp³-hybridized carbons (Fsp3) is 0.667. The zero-order valence-corrected chi connectivity index (χ0v) is 12.7. The lowest BCUT2D eigenvalue weighted by Gasteiger charge is -2.16. The SMILES string of the molecule is CNCC1CCN(S(=O)(=O)c2cc(C)sc2C)C1. The maximum absolute atomic E-state index is 12.5. The summed E-state index contributed by atoms with van der Waals surface area (Å²) in [5, 5.41) is 3.12. The molecule has 1 aromatic rings. The Kier molecular flexibility index (Phi) is 4.11. The molecule has 0 aliphatic carbocycles. The van der Waals surface area contributed by atoms with Gasteiger partial charge in [-0.1, -0.05) is 0 Å². The third-order valence-corrected chi connectivity index (χ3v) is 6.44. The first-order valence-electron chi connectivity index (χ1n) is 6.17. The van der Waals surface area contributed by atoms with E-state index in [2.05, 4.69) is 5.32 Å². The number of aryl methyl sites for hydroxylation is 2. The Hall–Kier alpha value is -0.430. The van der Waals surface area contributed by atoms with Gasteiger partial charge in [-0.15, -0.1) is 11.3 Å². The predicted octanol–water partition coefficient (Wildman–Crippen LogP) is 1.59. The first-order chi connectivity index (χ1) is 8.45. The lowest BCUT2D eigenvalue weighted by atomic mass is 10.1. The van der Waals surface area contributed by atoms with Gasteiger partial charge in [-0.05, 0) is 45.8 Å². The van der Waals surface area contributed by atoms with Crippen LogP contribution in [0.3, 0.4) is 0 Å². The summed E-state index contributed by atoms with van der Waals surface area (Å²) in [5.74, 6) is 0.435. The molecule has 0 bridgehead atoms. The van der Waals surface area contributed by atoms with Gasteiger partial charge in [0.15, 0.2) is 0 Å². The lowest BCUT2D eigenvalue weighted by molar-refractivity contribution is 0.451. The van der Waals surface area contributed by atoms with Gasteiger partial charge in [-0.2, -0.15) is 4.31 Å². The van der Waals surface area contributed by atoms with Crippen LogP contribution in [-0.4, -0.2) is 39.4 Å². The number of nitrogens with one attached hydrogen (secondary N) is 1. The highest BCUT2D eigenvalue weighted by molar-refractivity contribution is 7.89. The van der Waals surface area contributed by atoms with Crippen molar-refractivity contribution in [2.75, 3.05) is 26.7 Å². The van der Waals surface area contributed by atoms with Crippen LogP contribution in [0, 0.1) is 19.8 Å². The number of hydrogen-bond acceptors (Lipinski definition) is 4. The van der Waals surface area contributed by atoms with Crippen LogP contribution >= 0.6 is 11.3 Å². The molecule has 1 unspecified atom stereocenters. The molecule has 0 radical (unpaired) electrons. The quantitative estimate of drug-likeness (QED) is 0.915. The fourth-order valence-corrected chi connectivity index (χ4v) is 5.53. The molecule has 1 fully saturated rings. The van der Waals surface area contributed by atoms with E-state index < -0.39 is 10.0 Å². The molecule has 1 aromatic heterocycles.